The largest absolute Gasteiger partial charge is 0.466 e. The standard InChI is InChI=1S/C37H57NO6/c1-6-8-23-37(3,4)33(39)28-44-36-32(43-27-30-20-14-10-15-21-30)25-31(42-26-29-18-12-9-13-19-29)35(36)38(5)24-17-11-16-22-34(40)41-7-2/h9-10,12-15,18-21,31-33,35-36,39H,6-8,11,16-17,22-28H2,1-5H3. The van der Waals surface area contributed by atoms with E-state index in [1.807, 2.05) is 43.3 Å². The van der Waals surface area contributed by atoms with E-state index in [2.05, 4.69) is 57.0 Å². The lowest BCUT2D eigenvalue weighted by molar-refractivity contribution is -0.143. The Morgan fingerprint density at radius 1 is 0.886 bits per heavy atom. The molecule has 0 radical (unpaired) electrons. The number of ether oxygens (including phenoxy) is 4. The second kappa shape index (κ2) is 19.3. The van der Waals surface area contributed by atoms with Gasteiger partial charge in [0.1, 0.15) is 6.10 Å². The number of carbonyl (C=O) groups excluding carboxylic acids is 1. The Bertz CT molecular complexity index is 1050. The molecule has 2 aromatic carbocycles. The van der Waals surface area contributed by atoms with Gasteiger partial charge in [-0.2, -0.15) is 0 Å². The van der Waals surface area contributed by atoms with Crippen LogP contribution in [-0.2, 0) is 37.0 Å². The Kier molecular flexibility index (Phi) is 15.8. The highest BCUT2D eigenvalue weighted by Gasteiger charge is 2.48. The number of esters is 1. The maximum Gasteiger partial charge on any atom is 0.305 e. The van der Waals surface area contributed by atoms with Crippen LogP contribution in [0.3, 0.4) is 0 Å². The van der Waals surface area contributed by atoms with Crippen molar-refractivity contribution >= 4 is 5.97 Å². The number of rotatable bonds is 21. The van der Waals surface area contributed by atoms with Crippen molar-refractivity contribution in [3.05, 3.63) is 71.8 Å². The zero-order chi connectivity index (χ0) is 31.8. The van der Waals surface area contributed by atoms with Crippen molar-refractivity contribution in [3.8, 4) is 0 Å². The van der Waals surface area contributed by atoms with Crippen LogP contribution in [-0.4, -0.2) is 73.2 Å². The number of benzene rings is 2. The van der Waals surface area contributed by atoms with Crippen LogP contribution in [0, 0.1) is 5.41 Å². The molecule has 1 saturated carbocycles. The maximum absolute atomic E-state index is 11.8. The Labute approximate surface area is 266 Å². The van der Waals surface area contributed by atoms with E-state index in [0.29, 0.717) is 32.7 Å². The molecule has 0 bridgehead atoms. The Hall–Kier alpha value is -2.29. The predicted octanol–water partition coefficient (Wildman–Crippen LogP) is 6.95. The number of likely N-dealkylation sites (N-methyl/N-ethyl adjacent to an activating group) is 1. The SMILES string of the molecule is CCCCC(C)(C)C(O)COC1C(OCc2ccccc2)CC(OCc2ccccc2)C1N(C)CCCCCC(=O)OCC. The molecule has 1 aliphatic rings. The van der Waals surface area contributed by atoms with Crippen molar-refractivity contribution in [1.29, 1.82) is 0 Å². The summed E-state index contributed by atoms with van der Waals surface area (Å²) in [4.78, 5) is 14.1. The van der Waals surface area contributed by atoms with Crippen LogP contribution >= 0.6 is 0 Å². The van der Waals surface area contributed by atoms with Gasteiger partial charge in [0.05, 0.1) is 50.8 Å². The van der Waals surface area contributed by atoms with Crippen molar-refractivity contribution in [2.24, 2.45) is 5.41 Å². The minimum Gasteiger partial charge on any atom is -0.466 e. The molecule has 5 unspecified atom stereocenters. The van der Waals surface area contributed by atoms with E-state index in [0.717, 1.165) is 56.2 Å². The maximum atomic E-state index is 11.8. The van der Waals surface area contributed by atoms with Gasteiger partial charge in [0.25, 0.3) is 0 Å². The van der Waals surface area contributed by atoms with Crippen molar-refractivity contribution in [3.63, 3.8) is 0 Å². The van der Waals surface area contributed by atoms with Gasteiger partial charge in [-0.25, -0.2) is 0 Å². The van der Waals surface area contributed by atoms with Gasteiger partial charge in [0.15, 0.2) is 0 Å². The number of hydrogen-bond donors (Lipinski definition) is 1. The molecule has 7 heteroatoms. The van der Waals surface area contributed by atoms with Gasteiger partial charge in [-0.1, -0.05) is 101 Å². The number of aliphatic hydroxyl groups excluding tert-OH is 1. The smallest absolute Gasteiger partial charge is 0.305 e. The van der Waals surface area contributed by atoms with E-state index in [-0.39, 0.29) is 42.3 Å². The van der Waals surface area contributed by atoms with Gasteiger partial charge in [0.2, 0.25) is 0 Å². The van der Waals surface area contributed by atoms with Crippen LogP contribution in [0.4, 0.5) is 0 Å². The molecule has 2 aromatic rings. The van der Waals surface area contributed by atoms with Gasteiger partial charge < -0.3 is 24.1 Å². The van der Waals surface area contributed by atoms with E-state index in [1.165, 1.54) is 0 Å². The zero-order valence-corrected chi connectivity index (χ0v) is 27.8. The first-order valence-electron chi connectivity index (χ1n) is 16.7. The molecule has 0 heterocycles. The van der Waals surface area contributed by atoms with Crippen LogP contribution in [0.25, 0.3) is 0 Å². The molecule has 0 amide bonds. The molecule has 3 rings (SSSR count). The highest BCUT2D eigenvalue weighted by atomic mass is 16.6. The summed E-state index contributed by atoms with van der Waals surface area (Å²) >= 11 is 0. The van der Waals surface area contributed by atoms with Crippen LogP contribution in [0.5, 0.6) is 0 Å². The number of unbranched alkanes of at least 4 members (excludes halogenated alkanes) is 3. The topological polar surface area (TPSA) is 77.5 Å². The third-order valence-electron chi connectivity index (χ3n) is 8.89. The zero-order valence-electron chi connectivity index (χ0n) is 27.8. The lowest BCUT2D eigenvalue weighted by Crippen LogP contribution is -2.49. The number of carbonyl (C=O) groups is 1. The van der Waals surface area contributed by atoms with Crippen LogP contribution in [0.2, 0.25) is 0 Å². The lowest BCUT2D eigenvalue weighted by atomic mass is 9.82. The minimum atomic E-state index is -0.582. The molecule has 1 aliphatic carbocycles. The fourth-order valence-corrected chi connectivity index (χ4v) is 5.98. The van der Waals surface area contributed by atoms with E-state index >= 15 is 0 Å². The van der Waals surface area contributed by atoms with Gasteiger partial charge in [0, 0.05) is 12.8 Å². The van der Waals surface area contributed by atoms with Crippen molar-refractivity contribution in [2.45, 2.75) is 123 Å². The third-order valence-corrected chi connectivity index (χ3v) is 8.89. The van der Waals surface area contributed by atoms with Gasteiger partial charge >= 0.3 is 5.97 Å². The summed E-state index contributed by atoms with van der Waals surface area (Å²) in [6, 6.07) is 20.4. The van der Waals surface area contributed by atoms with Gasteiger partial charge in [-0.15, -0.1) is 0 Å². The summed E-state index contributed by atoms with van der Waals surface area (Å²) in [7, 11) is 2.13. The molecular formula is C37H57NO6. The minimum absolute atomic E-state index is 0.0458. The van der Waals surface area contributed by atoms with E-state index in [1.54, 1.807) is 0 Å². The average molecular weight is 612 g/mol. The molecule has 0 aromatic heterocycles. The number of hydrogen-bond acceptors (Lipinski definition) is 7. The summed E-state index contributed by atoms with van der Waals surface area (Å²) < 4.78 is 25.0. The first-order valence-corrected chi connectivity index (χ1v) is 16.7. The summed E-state index contributed by atoms with van der Waals surface area (Å²) in [6.45, 7) is 10.8. The first-order chi connectivity index (χ1) is 21.2. The fourth-order valence-electron chi connectivity index (χ4n) is 5.98. The molecule has 44 heavy (non-hydrogen) atoms. The van der Waals surface area contributed by atoms with Crippen molar-refractivity contribution in [1.82, 2.24) is 4.90 Å². The third kappa shape index (κ3) is 11.9. The normalized spacial score (nSPS) is 21.1. The van der Waals surface area contributed by atoms with Crippen molar-refractivity contribution < 1.29 is 28.8 Å². The number of nitrogens with zero attached hydrogens (tertiary/aromatic N) is 1. The Morgan fingerprint density at radius 2 is 1.50 bits per heavy atom. The first kappa shape index (κ1) is 36.2. The molecule has 246 valence electrons. The molecule has 1 N–H and O–H groups in total. The van der Waals surface area contributed by atoms with E-state index in [9.17, 15) is 9.90 Å². The molecule has 0 saturated heterocycles. The fraction of sp³-hybridized carbons (Fsp3) is 0.649. The number of aliphatic hydroxyl groups is 1. The average Bonchev–Trinajstić information content (AvgIpc) is 3.38. The second-order valence-electron chi connectivity index (χ2n) is 12.9. The predicted molar refractivity (Wildman–Crippen MR) is 175 cm³/mol. The Morgan fingerprint density at radius 3 is 2.09 bits per heavy atom. The van der Waals surface area contributed by atoms with Gasteiger partial charge in [-0.3, -0.25) is 9.69 Å². The Balaban J connectivity index is 1.75. The summed E-state index contributed by atoms with van der Waals surface area (Å²) in [6.07, 6.45) is 5.86. The van der Waals surface area contributed by atoms with E-state index < -0.39 is 6.10 Å². The summed E-state index contributed by atoms with van der Waals surface area (Å²) in [5, 5.41) is 11.2. The van der Waals surface area contributed by atoms with Crippen LogP contribution < -0.4 is 0 Å². The quantitative estimate of drug-likeness (QED) is 0.121. The molecule has 1 fully saturated rings. The van der Waals surface area contributed by atoms with E-state index in [4.69, 9.17) is 18.9 Å². The summed E-state index contributed by atoms with van der Waals surface area (Å²) in [5.74, 6) is -0.127. The molecule has 0 aliphatic heterocycles. The molecule has 5 atom stereocenters. The van der Waals surface area contributed by atoms with Crippen molar-refractivity contribution in [2.75, 3.05) is 26.8 Å². The molecular weight excluding hydrogens is 554 g/mol. The second-order valence-corrected chi connectivity index (χ2v) is 12.9. The monoisotopic (exact) mass is 611 g/mol. The highest BCUT2D eigenvalue weighted by Crippen LogP contribution is 2.35. The van der Waals surface area contributed by atoms with Crippen LogP contribution in [0.1, 0.15) is 90.2 Å². The highest BCUT2D eigenvalue weighted by molar-refractivity contribution is 5.69. The van der Waals surface area contributed by atoms with Gasteiger partial charge in [-0.05, 0) is 56.3 Å². The molecule has 7 nitrogen and oxygen atoms in total. The van der Waals surface area contributed by atoms with Crippen LogP contribution in [0.15, 0.2) is 60.7 Å². The molecule has 0 spiro atoms. The summed E-state index contributed by atoms with van der Waals surface area (Å²) in [5.41, 5.74) is 2.01. The lowest BCUT2D eigenvalue weighted by Gasteiger charge is -2.36.